The number of carboxylic acid groups (broad SMARTS) is 1. The highest BCUT2D eigenvalue weighted by molar-refractivity contribution is 5.84. The minimum Gasteiger partial charge on any atom is -0.481 e. The molecule has 12 heteroatoms. The van der Waals surface area contributed by atoms with E-state index in [1.54, 1.807) is 30.5 Å². The van der Waals surface area contributed by atoms with Crippen LogP contribution in [0, 0.1) is 23.1 Å². The summed E-state index contributed by atoms with van der Waals surface area (Å²) in [7, 11) is 0. The third kappa shape index (κ3) is 5.20. The number of ether oxygens (including phenoxy) is 2. The van der Waals surface area contributed by atoms with Crippen molar-refractivity contribution in [2.45, 2.75) is 38.4 Å². The fourth-order valence-electron chi connectivity index (χ4n) is 5.70. The van der Waals surface area contributed by atoms with Gasteiger partial charge in [0.25, 0.3) is 0 Å². The van der Waals surface area contributed by atoms with Crippen LogP contribution < -0.4 is 11.1 Å². The number of rotatable bonds is 9. The maximum atomic E-state index is 13.9. The minimum atomic E-state index is -1.79. The predicted molar refractivity (Wildman–Crippen MR) is 148 cm³/mol. The molecule has 216 valence electrons. The van der Waals surface area contributed by atoms with Crippen LogP contribution in [0.15, 0.2) is 49.2 Å². The minimum absolute atomic E-state index is 0.0123. The van der Waals surface area contributed by atoms with Crippen LogP contribution in [0.4, 0.5) is 10.3 Å². The zero-order valence-electron chi connectivity index (χ0n) is 22.7. The van der Waals surface area contributed by atoms with Crippen molar-refractivity contribution >= 4 is 17.8 Å². The number of aliphatic carboxylic acids is 1. The van der Waals surface area contributed by atoms with E-state index in [1.807, 2.05) is 6.92 Å². The number of aromatic nitrogens is 4. The maximum absolute atomic E-state index is 13.9. The predicted octanol–water partition coefficient (Wildman–Crippen LogP) is 3.85. The zero-order chi connectivity index (χ0) is 29.2. The van der Waals surface area contributed by atoms with E-state index < -0.39 is 34.8 Å². The summed E-state index contributed by atoms with van der Waals surface area (Å²) in [6.45, 7) is 6.55. The Balaban J connectivity index is 1.72. The van der Waals surface area contributed by atoms with E-state index in [1.165, 1.54) is 12.1 Å². The highest BCUT2D eigenvalue weighted by Crippen LogP contribution is 2.55. The molecule has 1 saturated heterocycles. The summed E-state index contributed by atoms with van der Waals surface area (Å²) in [5, 5.41) is 12.9. The van der Waals surface area contributed by atoms with Crippen molar-refractivity contribution in [3.8, 4) is 22.6 Å². The molecule has 2 aromatic heterocycles. The number of primary amides is 1. The number of hydrogen-bond acceptors (Lipinski definition) is 8. The molecule has 1 saturated carbocycles. The van der Waals surface area contributed by atoms with Gasteiger partial charge in [-0.15, -0.1) is 6.58 Å². The number of carbonyl (C=O) groups is 2. The van der Waals surface area contributed by atoms with Crippen LogP contribution >= 0.6 is 0 Å². The molecule has 1 amide bonds. The molecule has 2 unspecified atom stereocenters. The van der Waals surface area contributed by atoms with Crippen LogP contribution in [0.1, 0.15) is 38.4 Å². The number of carbonyl (C=O) groups excluding carboxylic acids is 1. The van der Waals surface area contributed by atoms with Crippen molar-refractivity contribution in [3.05, 3.63) is 60.8 Å². The number of halogens is 1. The lowest BCUT2D eigenvalue weighted by Gasteiger charge is -2.51. The number of nitrogens with one attached hydrogen (secondary N) is 2. The van der Waals surface area contributed by atoms with Crippen LogP contribution in [-0.4, -0.2) is 56.7 Å². The molecule has 5 N–H and O–H groups in total. The Morgan fingerprint density at radius 3 is 2.63 bits per heavy atom. The van der Waals surface area contributed by atoms with Crippen molar-refractivity contribution in [1.29, 1.82) is 0 Å². The Kier molecular flexibility index (Phi) is 7.87. The summed E-state index contributed by atoms with van der Waals surface area (Å²) in [5.74, 6) is -4.24. The van der Waals surface area contributed by atoms with Crippen molar-refractivity contribution in [1.82, 2.24) is 19.9 Å². The molecule has 2 fully saturated rings. The average Bonchev–Trinajstić information content (AvgIpc) is 3.43. The maximum Gasteiger partial charge on any atom is 0.306 e. The van der Waals surface area contributed by atoms with Crippen molar-refractivity contribution in [2.24, 2.45) is 23.0 Å². The number of benzene rings is 1. The number of anilines is 1. The number of aromatic amines is 1. The van der Waals surface area contributed by atoms with E-state index in [0.717, 1.165) is 0 Å². The van der Waals surface area contributed by atoms with E-state index in [2.05, 4.69) is 26.8 Å². The molecule has 0 radical (unpaired) electrons. The number of amides is 1. The lowest BCUT2D eigenvalue weighted by molar-refractivity contribution is -0.347. The van der Waals surface area contributed by atoms with Gasteiger partial charge in [-0.1, -0.05) is 19.4 Å². The average molecular weight is 565 g/mol. The van der Waals surface area contributed by atoms with Gasteiger partial charge in [0.1, 0.15) is 11.2 Å². The highest BCUT2D eigenvalue weighted by atomic mass is 19.1. The Bertz CT molecular complexity index is 1440. The van der Waals surface area contributed by atoms with Crippen LogP contribution in [0.25, 0.3) is 22.6 Å². The number of imidazole rings is 1. The first-order chi connectivity index (χ1) is 19.7. The van der Waals surface area contributed by atoms with Crippen molar-refractivity contribution in [2.75, 3.05) is 25.1 Å². The van der Waals surface area contributed by atoms with Gasteiger partial charge in [-0.2, -0.15) is 0 Å². The summed E-state index contributed by atoms with van der Waals surface area (Å²) in [6.07, 6.45) is 4.28. The Labute approximate surface area is 236 Å². The number of H-pyrrole nitrogens is 1. The third-order valence-electron chi connectivity index (χ3n) is 7.79. The van der Waals surface area contributed by atoms with Gasteiger partial charge in [0, 0.05) is 24.2 Å². The van der Waals surface area contributed by atoms with Gasteiger partial charge in [0.2, 0.25) is 17.6 Å². The quantitative estimate of drug-likeness (QED) is 0.282. The van der Waals surface area contributed by atoms with Crippen LogP contribution in [0.5, 0.6) is 0 Å². The third-order valence-corrected chi connectivity index (χ3v) is 7.79. The summed E-state index contributed by atoms with van der Waals surface area (Å²) < 4.78 is 26.7. The number of nitrogens with zero attached hydrogens (tertiary/aromatic N) is 3. The standard InChI is InChI=1S/C29H33FN6O5/c1-3-12-32-27-33-13-10-21(34-27)23-22(18-6-8-20(30)9-7-18)35-26(36-23)29(40-15-17(2)16-41-29)28(25(31)39)11-4-5-19(14-28)24(37)38/h3,6-10,13,17,19H,1,4-5,11-12,14-16H2,2H3,(H2,31,39)(H,35,36)(H,37,38)(H,32,33,34). The molecule has 0 bridgehead atoms. The molecule has 2 aliphatic rings. The first kappa shape index (κ1) is 28.4. The monoisotopic (exact) mass is 564 g/mol. The van der Waals surface area contributed by atoms with E-state index >= 15 is 0 Å². The van der Waals surface area contributed by atoms with Gasteiger partial charge >= 0.3 is 5.97 Å². The summed E-state index contributed by atoms with van der Waals surface area (Å²) >= 11 is 0. The van der Waals surface area contributed by atoms with Gasteiger partial charge in [0.15, 0.2) is 5.82 Å². The van der Waals surface area contributed by atoms with E-state index in [4.69, 9.17) is 20.2 Å². The second-order valence-electron chi connectivity index (χ2n) is 10.7. The Hall–Kier alpha value is -4.16. The molecule has 0 spiro atoms. The molecule has 5 rings (SSSR count). The van der Waals surface area contributed by atoms with Gasteiger partial charge in [-0.25, -0.2) is 19.3 Å². The van der Waals surface area contributed by atoms with Crippen LogP contribution in [0.3, 0.4) is 0 Å². The lowest BCUT2D eigenvalue weighted by atomic mass is 9.63. The second-order valence-corrected chi connectivity index (χ2v) is 10.7. The zero-order valence-corrected chi connectivity index (χ0v) is 22.7. The molecular weight excluding hydrogens is 531 g/mol. The van der Waals surface area contributed by atoms with E-state index in [0.29, 0.717) is 48.0 Å². The van der Waals surface area contributed by atoms with Gasteiger partial charge in [-0.05, 0) is 49.6 Å². The Morgan fingerprint density at radius 2 is 1.98 bits per heavy atom. The second kappa shape index (κ2) is 11.4. The van der Waals surface area contributed by atoms with Gasteiger partial charge < -0.3 is 30.6 Å². The molecule has 1 aliphatic heterocycles. The molecule has 41 heavy (non-hydrogen) atoms. The normalized spacial score (nSPS) is 26.3. The van der Waals surface area contributed by atoms with Gasteiger partial charge in [0.05, 0.1) is 36.2 Å². The van der Waals surface area contributed by atoms with Crippen LogP contribution in [0.2, 0.25) is 0 Å². The molecule has 1 aliphatic carbocycles. The lowest BCUT2D eigenvalue weighted by Crippen LogP contribution is -2.61. The molecule has 11 nitrogen and oxygen atoms in total. The SMILES string of the molecule is C=CCNc1nccc(-c2[nH]c(C3(C4(C(N)=O)CCCC(C(=O)O)C4)OCC(C)CO3)nc2-c2ccc(F)cc2)n1. The fraction of sp³-hybridized carbons (Fsp3) is 0.414. The molecule has 3 heterocycles. The van der Waals surface area contributed by atoms with Crippen molar-refractivity contribution in [3.63, 3.8) is 0 Å². The summed E-state index contributed by atoms with van der Waals surface area (Å²) in [6, 6.07) is 7.49. The molecule has 3 aromatic rings. The number of hydrogen-bond donors (Lipinski definition) is 4. The smallest absolute Gasteiger partial charge is 0.306 e. The Morgan fingerprint density at radius 1 is 1.24 bits per heavy atom. The van der Waals surface area contributed by atoms with Gasteiger partial charge in [-0.3, -0.25) is 9.59 Å². The summed E-state index contributed by atoms with van der Waals surface area (Å²) in [5.41, 5.74) is 6.46. The first-order valence-corrected chi connectivity index (χ1v) is 13.5. The number of nitrogens with two attached hydrogens (primary N) is 1. The molecular formula is C29H33FN6O5. The first-order valence-electron chi connectivity index (χ1n) is 13.5. The fourth-order valence-corrected chi connectivity index (χ4v) is 5.70. The summed E-state index contributed by atoms with van der Waals surface area (Å²) in [4.78, 5) is 42.5. The topological polar surface area (TPSA) is 165 Å². The van der Waals surface area contributed by atoms with Crippen molar-refractivity contribution < 1.29 is 28.6 Å². The van der Waals surface area contributed by atoms with E-state index in [9.17, 15) is 19.1 Å². The number of carboxylic acids is 1. The molecule has 1 aromatic carbocycles. The van der Waals surface area contributed by atoms with Crippen LogP contribution in [-0.2, 0) is 24.8 Å². The highest BCUT2D eigenvalue weighted by Gasteiger charge is 2.64. The largest absolute Gasteiger partial charge is 0.481 e. The van der Waals surface area contributed by atoms with E-state index in [-0.39, 0.29) is 37.8 Å². The molecule has 2 atom stereocenters.